The molecule has 0 aliphatic carbocycles. The van der Waals surface area contributed by atoms with Crippen molar-refractivity contribution < 1.29 is 17.6 Å². The van der Waals surface area contributed by atoms with Gasteiger partial charge in [0.1, 0.15) is 23.3 Å². The van der Waals surface area contributed by atoms with Crippen LogP contribution in [0.2, 0.25) is 0 Å². The van der Waals surface area contributed by atoms with Crippen LogP contribution in [0.5, 0.6) is 0 Å². The molecular formula is C19H17F4N3O. The molecule has 27 heavy (non-hydrogen) atoms. The van der Waals surface area contributed by atoms with Crippen LogP contribution in [0.15, 0.2) is 35.1 Å². The van der Waals surface area contributed by atoms with Crippen LogP contribution in [0.1, 0.15) is 24.4 Å². The van der Waals surface area contributed by atoms with E-state index < -0.39 is 41.1 Å². The number of nitrogens with zero attached hydrogens (tertiary/aromatic N) is 2. The van der Waals surface area contributed by atoms with Crippen LogP contribution in [0.4, 0.5) is 17.6 Å². The van der Waals surface area contributed by atoms with Crippen LogP contribution in [0.3, 0.4) is 0 Å². The Morgan fingerprint density at radius 1 is 0.926 bits per heavy atom. The van der Waals surface area contributed by atoms with Crippen molar-refractivity contribution in [2.45, 2.75) is 25.4 Å². The van der Waals surface area contributed by atoms with Gasteiger partial charge in [-0.25, -0.2) is 22.4 Å². The third-order valence-electron chi connectivity index (χ3n) is 5.02. The molecule has 142 valence electrons. The van der Waals surface area contributed by atoms with Gasteiger partial charge in [0.15, 0.2) is 0 Å². The molecule has 1 N–H and O–H groups in total. The van der Waals surface area contributed by atoms with E-state index in [1.165, 1.54) is 18.2 Å². The van der Waals surface area contributed by atoms with Crippen LogP contribution in [0.25, 0.3) is 11.0 Å². The molecule has 1 aromatic heterocycles. The van der Waals surface area contributed by atoms with Gasteiger partial charge in [-0.2, -0.15) is 0 Å². The zero-order valence-electron chi connectivity index (χ0n) is 14.3. The third-order valence-corrected chi connectivity index (χ3v) is 5.02. The molecule has 3 aromatic rings. The lowest BCUT2D eigenvalue weighted by Crippen LogP contribution is -2.35. The minimum atomic E-state index is -1.08. The summed E-state index contributed by atoms with van der Waals surface area (Å²) in [4.78, 5) is 13.1. The zero-order valence-corrected chi connectivity index (χ0v) is 14.3. The highest BCUT2D eigenvalue weighted by Gasteiger charge is 2.24. The number of halogens is 4. The van der Waals surface area contributed by atoms with Crippen LogP contribution >= 0.6 is 0 Å². The van der Waals surface area contributed by atoms with Crippen molar-refractivity contribution in [3.8, 4) is 0 Å². The molecule has 4 rings (SSSR count). The molecule has 2 aromatic carbocycles. The standard InChI is InChI=1S/C19H17F4N3O/c20-11-1-2-17-18(9-11)25(10-14-15(22)7-12(21)8-16(14)23)19(27)26(17)13-3-5-24-6-4-13/h1-2,7-9,13,24H,3-6,10H2. The Balaban J connectivity index is 1.89. The van der Waals surface area contributed by atoms with Gasteiger partial charge < -0.3 is 5.32 Å². The molecule has 4 nitrogen and oxygen atoms in total. The first kappa shape index (κ1) is 17.8. The van der Waals surface area contributed by atoms with Crippen molar-refractivity contribution >= 4 is 11.0 Å². The Labute approximate surface area is 152 Å². The molecule has 1 saturated heterocycles. The average molecular weight is 379 g/mol. The summed E-state index contributed by atoms with van der Waals surface area (Å²) in [5.74, 6) is -3.76. The summed E-state index contributed by atoms with van der Waals surface area (Å²) in [7, 11) is 0. The largest absolute Gasteiger partial charge is 0.329 e. The number of piperidine rings is 1. The van der Waals surface area contributed by atoms with Gasteiger partial charge in [0.2, 0.25) is 0 Å². The Kier molecular flexibility index (Phi) is 4.51. The number of fused-ring (bicyclic) bond motifs is 1. The molecule has 0 spiro atoms. The maximum absolute atomic E-state index is 14.1. The van der Waals surface area contributed by atoms with Crippen LogP contribution in [-0.2, 0) is 6.54 Å². The summed E-state index contributed by atoms with van der Waals surface area (Å²) in [6.45, 7) is 1.03. The second kappa shape index (κ2) is 6.84. The molecule has 8 heteroatoms. The summed E-state index contributed by atoms with van der Waals surface area (Å²) < 4.78 is 57.9. The van der Waals surface area contributed by atoms with Gasteiger partial charge in [-0.05, 0) is 44.1 Å². The highest BCUT2D eigenvalue weighted by atomic mass is 19.1. The highest BCUT2D eigenvalue weighted by Crippen LogP contribution is 2.25. The molecule has 0 bridgehead atoms. The van der Waals surface area contributed by atoms with Crippen molar-refractivity contribution in [3.05, 3.63) is 69.6 Å². The minimum Gasteiger partial charge on any atom is -0.317 e. The first-order chi connectivity index (χ1) is 13.0. The van der Waals surface area contributed by atoms with E-state index in [0.29, 0.717) is 17.6 Å². The normalized spacial score (nSPS) is 15.6. The molecule has 0 unspecified atom stereocenters. The quantitative estimate of drug-likeness (QED) is 0.709. The Morgan fingerprint density at radius 3 is 2.26 bits per heavy atom. The van der Waals surface area contributed by atoms with E-state index in [1.54, 1.807) is 4.57 Å². The van der Waals surface area contributed by atoms with Gasteiger partial charge in [0.05, 0.1) is 17.6 Å². The van der Waals surface area contributed by atoms with E-state index in [0.717, 1.165) is 30.5 Å². The van der Waals surface area contributed by atoms with Gasteiger partial charge in [0, 0.05) is 23.7 Å². The van der Waals surface area contributed by atoms with Crippen LogP contribution < -0.4 is 11.0 Å². The number of hydrogen-bond acceptors (Lipinski definition) is 2. The van der Waals surface area contributed by atoms with Crippen LogP contribution in [0, 0.1) is 23.3 Å². The number of hydrogen-bond donors (Lipinski definition) is 1. The van der Waals surface area contributed by atoms with E-state index in [-0.39, 0.29) is 11.6 Å². The predicted molar refractivity (Wildman–Crippen MR) is 92.7 cm³/mol. The van der Waals surface area contributed by atoms with E-state index in [2.05, 4.69) is 5.32 Å². The van der Waals surface area contributed by atoms with Crippen molar-refractivity contribution in [2.75, 3.05) is 13.1 Å². The molecule has 0 radical (unpaired) electrons. The number of nitrogens with one attached hydrogen (secondary N) is 1. The van der Waals surface area contributed by atoms with E-state index in [1.807, 2.05) is 0 Å². The summed E-state index contributed by atoms with van der Waals surface area (Å²) in [6.07, 6.45) is 1.44. The number of rotatable bonds is 3. The highest BCUT2D eigenvalue weighted by molar-refractivity contribution is 5.76. The fraction of sp³-hybridized carbons (Fsp3) is 0.316. The van der Waals surface area contributed by atoms with E-state index in [9.17, 15) is 22.4 Å². The van der Waals surface area contributed by atoms with Crippen LogP contribution in [-0.4, -0.2) is 22.2 Å². The number of imidazole rings is 1. The lowest BCUT2D eigenvalue weighted by Gasteiger charge is -2.23. The van der Waals surface area contributed by atoms with E-state index >= 15 is 0 Å². The van der Waals surface area contributed by atoms with Gasteiger partial charge >= 0.3 is 5.69 Å². The Hall–Kier alpha value is -2.61. The molecule has 0 amide bonds. The molecular weight excluding hydrogens is 362 g/mol. The maximum atomic E-state index is 14.1. The topological polar surface area (TPSA) is 39.0 Å². The molecule has 1 fully saturated rings. The van der Waals surface area contributed by atoms with Gasteiger partial charge in [-0.3, -0.25) is 9.13 Å². The Morgan fingerprint density at radius 2 is 1.59 bits per heavy atom. The summed E-state index contributed by atoms with van der Waals surface area (Å²) in [5, 5.41) is 3.21. The predicted octanol–water partition coefficient (Wildman–Crippen LogP) is 3.33. The second-order valence-corrected chi connectivity index (χ2v) is 6.70. The molecule has 2 heterocycles. The monoisotopic (exact) mass is 379 g/mol. The third kappa shape index (κ3) is 3.14. The molecule has 0 atom stereocenters. The molecule has 1 aliphatic rings. The zero-order chi connectivity index (χ0) is 19.1. The smallest absolute Gasteiger partial charge is 0.317 e. The first-order valence-electron chi connectivity index (χ1n) is 8.70. The first-order valence-corrected chi connectivity index (χ1v) is 8.70. The van der Waals surface area contributed by atoms with Crippen molar-refractivity contribution in [1.29, 1.82) is 0 Å². The summed E-state index contributed by atoms with van der Waals surface area (Å²) in [6, 6.07) is 4.97. The van der Waals surface area contributed by atoms with Crippen molar-refractivity contribution in [3.63, 3.8) is 0 Å². The van der Waals surface area contributed by atoms with Crippen molar-refractivity contribution in [2.24, 2.45) is 0 Å². The van der Waals surface area contributed by atoms with Crippen molar-refractivity contribution in [1.82, 2.24) is 14.5 Å². The summed E-state index contributed by atoms with van der Waals surface area (Å²) in [5.41, 5.74) is -0.143. The second-order valence-electron chi connectivity index (χ2n) is 6.70. The Bertz CT molecular complexity index is 1040. The van der Waals surface area contributed by atoms with Gasteiger partial charge in [-0.1, -0.05) is 0 Å². The molecule has 1 aliphatic heterocycles. The number of aromatic nitrogens is 2. The SMILES string of the molecule is O=c1n(Cc2c(F)cc(F)cc2F)c2cc(F)ccc2n1C1CCNCC1. The molecule has 0 saturated carbocycles. The maximum Gasteiger partial charge on any atom is 0.329 e. The lowest BCUT2D eigenvalue weighted by atomic mass is 10.1. The number of benzene rings is 2. The van der Waals surface area contributed by atoms with E-state index in [4.69, 9.17) is 0 Å². The summed E-state index contributed by atoms with van der Waals surface area (Å²) >= 11 is 0. The minimum absolute atomic E-state index is 0.0872. The lowest BCUT2D eigenvalue weighted by molar-refractivity contribution is 0.365. The van der Waals surface area contributed by atoms with Gasteiger partial charge in [-0.15, -0.1) is 0 Å². The van der Waals surface area contributed by atoms with Gasteiger partial charge in [0.25, 0.3) is 0 Å². The fourth-order valence-corrected chi connectivity index (χ4v) is 3.70. The fourth-order valence-electron chi connectivity index (χ4n) is 3.70. The average Bonchev–Trinajstić information content (AvgIpc) is 2.89.